The number of carbonyl (C=O) groups is 2. The molecule has 2 unspecified atom stereocenters. The van der Waals surface area contributed by atoms with Crippen molar-refractivity contribution < 1.29 is 27.9 Å². The van der Waals surface area contributed by atoms with Crippen LogP contribution >= 0.6 is 11.8 Å². The van der Waals surface area contributed by atoms with Crippen LogP contribution in [-0.4, -0.2) is 57.8 Å². The summed E-state index contributed by atoms with van der Waals surface area (Å²) in [4.78, 5) is 23.9. The summed E-state index contributed by atoms with van der Waals surface area (Å²) < 4.78 is 38.3. The van der Waals surface area contributed by atoms with E-state index in [0.717, 1.165) is 0 Å². The fourth-order valence-corrected chi connectivity index (χ4v) is 2.57. The van der Waals surface area contributed by atoms with Gasteiger partial charge in [-0.2, -0.15) is 24.9 Å². The summed E-state index contributed by atoms with van der Waals surface area (Å²) >= 11 is 1.59. The average Bonchev–Trinajstić information content (AvgIpc) is 2.27. The second kappa shape index (κ2) is 5.48. The molecule has 1 saturated heterocycles. The molecule has 110 valence electrons. The highest BCUT2D eigenvalue weighted by molar-refractivity contribution is 7.99. The quantitative estimate of drug-likeness (QED) is 0.811. The van der Waals surface area contributed by atoms with Crippen LogP contribution in [0.15, 0.2) is 0 Å². The Morgan fingerprint density at radius 3 is 2.42 bits per heavy atom. The van der Waals surface area contributed by atoms with Crippen LogP contribution in [-0.2, 0) is 4.79 Å². The fraction of sp³-hybridized carbons (Fsp3) is 0.800. The molecule has 0 saturated carbocycles. The van der Waals surface area contributed by atoms with Gasteiger partial charge in [-0.1, -0.05) is 0 Å². The molecule has 1 fully saturated rings. The number of alkyl halides is 3. The molecule has 19 heavy (non-hydrogen) atoms. The fourth-order valence-electron chi connectivity index (χ4n) is 1.56. The predicted octanol–water partition coefficient (Wildman–Crippen LogP) is 1.54. The maximum atomic E-state index is 12.8. The first-order chi connectivity index (χ1) is 8.59. The summed E-state index contributed by atoms with van der Waals surface area (Å²) in [5.74, 6) is -0.899. The number of rotatable bonds is 2. The van der Waals surface area contributed by atoms with Crippen LogP contribution in [0.2, 0.25) is 0 Å². The molecule has 0 bridgehead atoms. The first kappa shape index (κ1) is 15.9. The van der Waals surface area contributed by atoms with Crippen molar-refractivity contribution in [1.82, 2.24) is 10.2 Å². The van der Waals surface area contributed by atoms with Gasteiger partial charge in [-0.15, -0.1) is 0 Å². The minimum Gasteiger partial charge on any atom is -0.479 e. The third-order valence-corrected chi connectivity index (χ3v) is 4.17. The molecule has 5 nitrogen and oxygen atoms in total. The molecule has 2 N–H and O–H groups in total. The number of carboxylic acids is 1. The predicted molar refractivity (Wildman–Crippen MR) is 64.1 cm³/mol. The molecule has 0 aromatic rings. The lowest BCUT2D eigenvalue weighted by Crippen LogP contribution is -2.65. The number of hydrogen-bond acceptors (Lipinski definition) is 3. The highest BCUT2D eigenvalue weighted by atomic mass is 32.2. The van der Waals surface area contributed by atoms with Crippen molar-refractivity contribution >= 4 is 23.8 Å². The zero-order valence-corrected chi connectivity index (χ0v) is 11.3. The van der Waals surface area contributed by atoms with Crippen molar-refractivity contribution in [2.24, 2.45) is 0 Å². The van der Waals surface area contributed by atoms with Crippen LogP contribution in [0.4, 0.5) is 18.0 Å². The van der Waals surface area contributed by atoms with Gasteiger partial charge in [0.1, 0.15) is 0 Å². The van der Waals surface area contributed by atoms with Gasteiger partial charge in [0.2, 0.25) is 5.54 Å². The monoisotopic (exact) mass is 300 g/mol. The summed E-state index contributed by atoms with van der Waals surface area (Å²) in [7, 11) is 0. The van der Waals surface area contributed by atoms with E-state index in [4.69, 9.17) is 5.11 Å². The Kier molecular flexibility index (Phi) is 4.59. The molecule has 1 rings (SSSR count). The van der Waals surface area contributed by atoms with Crippen LogP contribution in [0.1, 0.15) is 13.8 Å². The number of nitrogens with one attached hydrogen (secondary N) is 1. The molecule has 0 aromatic carbocycles. The van der Waals surface area contributed by atoms with E-state index in [1.165, 1.54) is 4.90 Å². The number of carboxylic acid groups (broad SMARTS) is 1. The Morgan fingerprint density at radius 1 is 1.42 bits per heavy atom. The van der Waals surface area contributed by atoms with Crippen LogP contribution in [0.3, 0.4) is 0 Å². The van der Waals surface area contributed by atoms with E-state index in [1.807, 2.05) is 0 Å². The van der Waals surface area contributed by atoms with Crippen LogP contribution in [0.25, 0.3) is 0 Å². The molecular weight excluding hydrogens is 285 g/mol. The van der Waals surface area contributed by atoms with E-state index < -0.39 is 23.7 Å². The Bertz CT molecular complexity index is 378. The normalized spacial score (nSPS) is 23.6. The number of urea groups is 1. The number of amides is 2. The van der Waals surface area contributed by atoms with Gasteiger partial charge in [0.05, 0.1) is 0 Å². The third kappa shape index (κ3) is 3.26. The minimum atomic E-state index is -5.07. The van der Waals surface area contributed by atoms with Gasteiger partial charge in [0, 0.05) is 24.1 Å². The van der Waals surface area contributed by atoms with Gasteiger partial charge >= 0.3 is 18.2 Å². The summed E-state index contributed by atoms with van der Waals surface area (Å²) in [6.45, 7) is 2.44. The smallest absolute Gasteiger partial charge is 0.422 e. The summed E-state index contributed by atoms with van der Waals surface area (Å²) in [6.07, 6.45) is -5.07. The number of hydrogen-bond donors (Lipinski definition) is 2. The van der Waals surface area contributed by atoms with E-state index in [1.54, 1.807) is 24.0 Å². The highest BCUT2D eigenvalue weighted by Crippen LogP contribution is 2.31. The summed E-state index contributed by atoms with van der Waals surface area (Å²) in [5, 5.41) is 10.3. The zero-order valence-electron chi connectivity index (χ0n) is 10.5. The zero-order chi connectivity index (χ0) is 14.8. The molecule has 0 radical (unpaired) electrons. The molecule has 0 aliphatic carbocycles. The Balaban J connectivity index is 2.86. The lowest BCUT2D eigenvalue weighted by Gasteiger charge is -2.36. The first-order valence-corrected chi connectivity index (χ1v) is 6.71. The van der Waals surface area contributed by atoms with E-state index in [2.05, 4.69) is 0 Å². The number of aliphatic carboxylic acids is 1. The van der Waals surface area contributed by atoms with E-state index in [0.29, 0.717) is 25.0 Å². The van der Waals surface area contributed by atoms with Crippen LogP contribution in [0, 0.1) is 0 Å². The standard InChI is InChI=1S/C10H15F3N2O3S/c1-6-5-19-4-3-15(6)8(18)14-9(2,7(16)17)10(11,12)13/h6H,3-5H2,1-2H3,(H,14,18)(H,16,17). The lowest BCUT2D eigenvalue weighted by molar-refractivity contribution is -0.203. The topological polar surface area (TPSA) is 69.6 Å². The Hall–Kier alpha value is -1.12. The summed E-state index contributed by atoms with van der Waals surface area (Å²) in [6, 6.07) is -1.24. The molecule has 9 heteroatoms. The van der Waals surface area contributed by atoms with Crippen molar-refractivity contribution in [2.75, 3.05) is 18.1 Å². The largest absolute Gasteiger partial charge is 0.479 e. The van der Waals surface area contributed by atoms with Gasteiger partial charge < -0.3 is 15.3 Å². The molecular formula is C10H15F3N2O3S. The van der Waals surface area contributed by atoms with Crippen molar-refractivity contribution in [1.29, 1.82) is 0 Å². The highest BCUT2D eigenvalue weighted by Gasteiger charge is 2.59. The maximum Gasteiger partial charge on any atom is 0.422 e. The van der Waals surface area contributed by atoms with Gasteiger partial charge in [-0.25, -0.2) is 9.59 Å². The van der Waals surface area contributed by atoms with Gasteiger partial charge in [-0.05, 0) is 13.8 Å². The second-order valence-electron chi connectivity index (χ2n) is 4.48. The molecule has 2 atom stereocenters. The SMILES string of the molecule is CC1CSCCN1C(=O)NC(C)(C(=O)O)C(F)(F)F. The lowest BCUT2D eigenvalue weighted by atomic mass is 10.0. The first-order valence-electron chi connectivity index (χ1n) is 5.56. The molecule has 0 aromatic heterocycles. The molecule has 0 spiro atoms. The number of thioether (sulfide) groups is 1. The summed E-state index contributed by atoms with van der Waals surface area (Å²) in [5.41, 5.74) is -3.28. The average molecular weight is 300 g/mol. The van der Waals surface area contributed by atoms with Crippen LogP contribution < -0.4 is 5.32 Å². The Labute approximate surface area is 112 Å². The minimum absolute atomic E-state index is 0.231. The van der Waals surface area contributed by atoms with Gasteiger partial charge in [-0.3, -0.25) is 0 Å². The second-order valence-corrected chi connectivity index (χ2v) is 5.63. The number of nitrogens with zero attached hydrogens (tertiary/aromatic N) is 1. The van der Waals surface area contributed by atoms with Crippen molar-refractivity contribution in [3.63, 3.8) is 0 Å². The Morgan fingerprint density at radius 2 is 2.00 bits per heavy atom. The molecule has 1 aliphatic heterocycles. The van der Waals surface area contributed by atoms with Crippen molar-refractivity contribution in [3.8, 4) is 0 Å². The third-order valence-electron chi connectivity index (χ3n) is 2.98. The number of carbonyl (C=O) groups excluding carboxylic acids is 1. The number of halogens is 3. The van der Waals surface area contributed by atoms with Gasteiger partial charge in [0.15, 0.2) is 0 Å². The van der Waals surface area contributed by atoms with Gasteiger partial charge in [0.25, 0.3) is 0 Å². The maximum absolute atomic E-state index is 12.8. The van der Waals surface area contributed by atoms with E-state index in [-0.39, 0.29) is 6.04 Å². The van der Waals surface area contributed by atoms with E-state index >= 15 is 0 Å². The van der Waals surface area contributed by atoms with E-state index in [9.17, 15) is 22.8 Å². The van der Waals surface area contributed by atoms with Crippen LogP contribution in [0.5, 0.6) is 0 Å². The molecule has 1 aliphatic rings. The molecule has 1 heterocycles. The van der Waals surface area contributed by atoms with Crippen molar-refractivity contribution in [3.05, 3.63) is 0 Å². The van der Waals surface area contributed by atoms with Crippen molar-refractivity contribution in [2.45, 2.75) is 31.6 Å². The molecule has 2 amide bonds.